The van der Waals surface area contributed by atoms with E-state index in [1.165, 1.54) is 0 Å². The molecule has 0 fully saturated rings. The molecular formula is C14H22N4O2. The summed E-state index contributed by atoms with van der Waals surface area (Å²) in [5.41, 5.74) is 12.1. The summed E-state index contributed by atoms with van der Waals surface area (Å²) in [7, 11) is 0. The van der Waals surface area contributed by atoms with Gasteiger partial charge in [0.25, 0.3) is 5.91 Å². The van der Waals surface area contributed by atoms with E-state index in [0.717, 1.165) is 25.0 Å². The molecule has 6 heteroatoms. The van der Waals surface area contributed by atoms with Crippen molar-refractivity contribution in [2.75, 3.05) is 12.3 Å². The molecule has 1 heterocycles. The van der Waals surface area contributed by atoms with Gasteiger partial charge >= 0.3 is 0 Å². The number of hydrogen-bond donors (Lipinski definition) is 3. The van der Waals surface area contributed by atoms with Crippen LogP contribution in [-0.4, -0.2) is 23.3 Å². The van der Waals surface area contributed by atoms with Crippen LogP contribution in [0.4, 0.5) is 5.82 Å². The SMILES string of the molecule is CCCc1cc(C(=O)NCCCCC(N)=O)cc(N)n1. The molecule has 0 bridgehead atoms. The highest BCUT2D eigenvalue weighted by atomic mass is 16.2. The molecule has 6 nitrogen and oxygen atoms in total. The van der Waals surface area contributed by atoms with Gasteiger partial charge in [0.05, 0.1) is 0 Å². The van der Waals surface area contributed by atoms with E-state index >= 15 is 0 Å². The van der Waals surface area contributed by atoms with E-state index in [4.69, 9.17) is 11.5 Å². The number of nitrogen functional groups attached to an aromatic ring is 1. The summed E-state index contributed by atoms with van der Waals surface area (Å²) in [5.74, 6) is -0.132. The van der Waals surface area contributed by atoms with Crippen LogP contribution in [-0.2, 0) is 11.2 Å². The Morgan fingerprint density at radius 2 is 2.05 bits per heavy atom. The number of nitrogens with two attached hydrogens (primary N) is 2. The number of unbranched alkanes of at least 4 members (excludes halogenated alkanes) is 1. The maximum Gasteiger partial charge on any atom is 0.251 e. The van der Waals surface area contributed by atoms with Crippen LogP contribution in [0.5, 0.6) is 0 Å². The average Bonchev–Trinajstić information content (AvgIpc) is 2.37. The van der Waals surface area contributed by atoms with Gasteiger partial charge in [-0.1, -0.05) is 13.3 Å². The minimum Gasteiger partial charge on any atom is -0.384 e. The molecule has 0 spiro atoms. The predicted octanol–water partition coefficient (Wildman–Crippen LogP) is 1.00. The lowest BCUT2D eigenvalue weighted by atomic mass is 10.1. The number of primary amides is 1. The van der Waals surface area contributed by atoms with Gasteiger partial charge in [0.15, 0.2) is 0 Å². The van der Waals surface area contributed by atoms with Gasteiger partial charge in [0.1, 0.15) is 5.82 Å². The van der Waals surface area contributed by atoms with Crippen LogP contribution >= 0.6 is 0 Å². The van der Waals surface area contributed by atoms with Gasteiger partial charge in [-0.05, 0) is 31.4 Å². The second-order valence-corrected chi connectivity index (χ2v) is 4.70. The highest BCUT2D eigenvalue weighted by Crippen LogP contribution is 2.09. The monoisotopic (exact) mass is 278 g/mol. The van der Waals surface area contributed by atoms with Crippen molar-refractivity contribution in [3.05, 3.63) is 23.4 Å². The fourth-order valence-corrected chi connectivity index (χ4v) is 1.85. The lowest BCUT2D eigenvalue weighted by molar-refractivity contribution is -0.118. The molecular weight excluding hydrogens is 256 g/mol. The molecule has 0 aliphatic rings. The number of hydrogen-bond acceptors (Lipinski definition) is 4. The highest BCUT2D eigenvalue weighted by Gasteiger charge is 2.08. The van der Waals surface area contributed by atoms with Crippen molar-refractivity contribution in [1.29, 1.82) is 0 Å². The number of rotatable bonds is 8. The number of carbonyl (C=O) groups excluding carboxylic acids is 2. The van der Waals surface area contributed by atoms with Gasteiger partial charge in [0, 0.05) is 24.2 Å². The number of aromatic nitrogens is 1. The maximum atomic E-state index is 12.0. The molecule has 0 aromatic carbocycles. The summed E-state index contributed by atoms with van der Waals surface area (Å²) in [5, 5.41) is 2.79. The zero-order chi connectivity index (χ0) is 15.0. The molecule has 0 saturated carbocycles. The first kappa shape index (κ1) is 15.9. The summed E-state index contributed by atoms with van der Waals surface area (Å²) < 4.78 is 0. The first-order valence-corrected chi connectivity index (χ1v) is 6.86. The van der Waals surface area contributed by atoms with Crippen molar-refractivity contribution in [2.24, 2.45) is 5.73 Å². The molecule has 20 heavy (non-hydrogen) atoms. The Morgan fingerprint density at radius 3 is 2.70 bits per heavy atom. The van der Waals surface area contributed by atoms with E-state index in [2.05, 4.69) is 10.3 Å². The Kier molecular flexibility index (Phi) is 6.49. The highest BCUT2D eigenvalue weighted by molar-refractivity contribution is 5.94. The van der Waals surface area contributed by atoms with Crippen LogP contribution in [0.3, 0.4) is 0 Å². The number of aryl methyl sites for hydroxylation is 1. The number of anilines is 1. The van der Waals surface area contributed by atoms with Crippen LogP contribution in [0.2, 0.25) is 0 Å². The van der Waals surface area contributed by atoms with E-state index in [1.54, 1.807) is 12.1 Å². The lowest BCUT2D eigenvalue weighted by Gasteiger charge is -2.07. The third-order valence-corrected chi connectivity index (χ3v) is 2.80. The van der Waals surface area contributed by atoms with E-state index in [-0.39, 0.29) is 11.8 Å². The van der Waals surface area contributed by atoms with Gasteiger partial charge in [-0.3, -0.25) is 9.59 Å². The Hall–Kier alpha value is -2.11. The van der Waals surface area contributed by atoms with Gasteiger partial charge in [-0.25, -0.2) is 4.98 Å². The Bertz CT molecular complexity index is 474. The smallest absolute Gasteiger partial charge is 0.251 e. The summed E-state index contributed by atoms with van der Waals surface area (Å²) in [6, 6.07) is 3.33. The first-order valence-electron chi connectivity index (χ1n) is 6.86. The number of pyridine rings is 1. The number of nitrogens with zero attached hydrogens (tertiary/aromatic N) is 1. The molecule has 0 unspecified atom stereocenters. The largest absolute Gasteiger partial charge is 0.384 e. The Morgan fingerprint density at radius 1 is 1.30 bits per heavy atom. The zero-order valence-corrected chi connectivity index (χ0v) is 11.8. The Balaban J connectivity index is 2.48. The topological polar surface area (TPSA) is 111 Å². The van der Waals surface area contributed by atoms with E-state index in [9.17, 15) is 9.59 Å². The first-order chi connectivity index (χ1) is 9.52. The van der Waals surface area contributed by atoms with Crippen molar-refractivity contribution in [2.45, 2.75) is 39.0 Å². The molecule has 1 rings (SSSR count). The minimum absolute atomic E-state index is 0.171. The quantitative estimate of drug-likeness (QED) is 0.616. The van der Waals surface area contributed by atoms with E-state index < -0.39 is 0 Å². The number of nitrogens with one attached hydrogen (secondary N) is 1. The van der Waals surface area contributed by atoms with Crippen LogP contribution in [0.1, 0.15) is 48.7 Å². The van der Waals surface area contributed by atoms with Crippen LogP contribution in [0, 0.1) is 0 Å². The molecule has 0 atom stereocenters. The third-order valence-electron chi connectivity index (χ3n) is 2.80. The summed E-state index contributed by atoms with van der Waals surface area (Å²) in [6.45, 7) is 2.56. The molecule has 0 aliphatic heterocycles. The molecule has 0 aliphatic carbocycles. The van der Waals surface area contributed by atoms with E-state index in [1.807, 2.05) is 6.92 Å². The molecule has 1 aromatic rings. The molecule has 0 radical (unpaired) electrons. The molecule has 5 N–H and O–H groups in total. The summed E-state index contributed by atoms with van der Waals surface area (Å²) in [6.07, 6.45) is 3.49. The normalized spacial score (nSPS) is 10.2. The van der Waals surface area contributed by atoms with Crippen molar-refractivity contribution < 1.29 is 9.59 Å². The predicted molar refractivity (Wildman–Crippen MR) is 78.0 cm³/mol. The van der Waals surface area contributed by atoms with Crippen molar-refractivity contribution in [3.63, 3.8) is 0 Å². The van der Waals surface area contributed by atoms with Gasteiger partial charge in [0.2, 0.25) is 5.91 Å². The standard InChI is InChI=1S/C14H22N4O2/c1-2-5-11-8-10(9-12(15)18-11)14(20)17-7-4-3-6-13(16)19/h8-9H,2-7H2,1H3,(H2,15,18)(H2,16,19)(H,17,20). The maximum absolute atomic E-state index is 12.0. The van der Waals surface area contributed by atoms with Gasteiger partial charge in [-0.2, -0.15) is 0 Å². The molecule has 0 saturated heterocycles. The zero-order valence-electron chi connectivity index (χ0n) is 11.8. The molecule has 2 amide bonds. The minimum atomic E-state index is -0.317. The number of amides is 2. The third kappa shape index (κ3) is 5.69. The summed E-state index contributed by atoms with van der Waals surface area (Å²) >= 11 is 0. The van der Waals surface area contributed by atoms with Crippen LogP contribution in [0.15, 0.2) is 12.1 Å². The van der Waals surface area contributed by atoms with E-state index in [0.29, 0.717) is 30.8 Å². The lowest BCUT2D eigenvalue weighted by Crippen LogP contribution is -2.25. The second-order valence-electron chi connectivity index (χ2n) is 4.70. The second kappa shape index (κ2) is 8.14. The van der Waals surface area contributed by atoms with Crippen LogP contribution in [0.25, 0.3) is 0 Å². The van der Waals surface area contributed by atoms with Crippen LogP contribution < -0.4 is 16.8 Å². The van der Waals surface area contributed by atoms with Crippen molar-refractivity contribution >= 4 is 17.6 Å². The fourth-order valence-electron chi connectivity index (χ4n) is 1.85. The van der Waals surface area contributed by atoms with Crippen molar-refractivity contribution in [3.8, 4) is 0 Å². The Labute approximate surface area is 118 Å². The fraction of sp³-hybridized carbons (Fsp3) is 0.500. The summed E-state index contributed by atoms with van der Waals surface area (Å²) in [4.78, 5) is 26.7. The van der Waals surface area contributed by atoms with Gasteiger partial charge in [-0.15, -0.1) is 0 Å². The molecule has 110 valence electrons. The molecule has 1 aromatic heterocycles. The van der Waals surface area contributed by atoms with Crippen molar-refractivity contribution in [1.82, 2.24) is 10.3 Å². The number of carbonyl (C=O) groups is 2. The van der Waals surface area contributed by atoms with Gasteiger partial charge < -0.3 is 16.8 Å². The average molecular weight is 278 g/mol.